The molecule has 0 bridgehead atoms. The number of hydrogen-bond donors (Lipinski definition) is 2. The Kier molecular flexibility index (Phi) is 4.98. The van der Waals surface area contributed by atoms with Gasteiger partial charge < -0.3 is 15.1 Å². The van der Waals surface area contributed by atoms with Crippen molar-refractivity contribution < 1.29 is 9.21 Å². The fourth-order valence-corrected chi connectivity index (χ4v) is 2.31. The van der Waals surface area contributed by atoms with Crippen molar-refractivity contribution in [3.05, 3.63) is 70.5 Å². The predicted molar refractivity (Wildman–Crippen MR) is 91.7 cm³/mol. The summed E-state index contributed by atoms with van der Waals surface area (Å²) in [7, 11) is 0. The Bertz CT molecular complexity index is 853. The minimum atomic E-state index is -0.339. The van der Waals surface area contributed by atoms with Crippen LogP contribution in [0.25, 0.3) is 0 Å². The predicted octanol–water partition coefficient (Wildman–Crippen LogP) is 4.05. The summed E-state index contributed by atoms with van der Waals surface area (Å²) in [6, 6.07) is 10.2. The fraction of sp³-hybridized carbons (Fsp3) is 0.0625. The Balaban J connectivity index is 1.71. The van der Waals surface area contributed by atoms with Crippen LogP contribution in [0.4, 0.5) is 11.5 Å². The average Bonchev–Trinajstić information content (AvgIpc) is 3.11. The van der Waals surface area contributed by atoms with Crippen LogP contribution in [-0.4, -0.2) is 15.9 Å². The van der Waals surface area contributed by atoms with Gasteiger partial charge in [-0.2, -0.15) is 0 Å². The molecule has 0 atom stereocenters. The van der Waals surface area contributed by atoms with Gasteiger partial charge in [0.05, 0.1) is 28.5 Å². The summed E-state index contributed by atoms with van der Waals surface area (Å²) in [6.07, 6.45) is 2.84. The molecule has 0 aliphatic heterocycles. The maximum Gasteiger partial charge on any atom is 0.270 e. The summed E-state index contributed by atoms with van der Waals surface area (Å²) >= 11 is 12.1. The molecule has 0 unspecified atom stereocenters. The summed E-state index contributed by atoms with van der Waals surface area (Å²) in [5.41, 5.74) is 0.807. The molecule has 2 heterocycles. The highest BCUT2D eigenvalue weighted by atomic mass is 35.5. The SMILES string of the molecule is O=C(NCc1ccco1)c1cc(Nc2cccc(Cl)c2Cl)ncn1. The van der Waals surface area contributed by atoms with Gasteiger partial charge in [-0.1, -0.05) is 29.3 Å². The van der Waals surface area contributed by atoms with Crippen LogP contribution >= 0.6 is 23.2 Å². The second-order valence-corrected chi connectivity index (χ2v) is 5.56. The molecule has 0 spiro atoms. The molecule has 24 heavy (non-hydrogen) atoms. The van der Waals surface area contributed by atoms with Crippen molar-refractivity contribution in [3.63, 3.8) is 0 Å². The number of rotatable bonds is 5. The monoisotopic (exact) mass is 362 g/mol. The van der Waals surface area contributed by atoms with Gasteiger partial charge >= 0.3 is 0 Å². The van der Waals surface area contributed by atoms with E-state index in [4.69, 9.17) is 27.6 Å². The number of benzene rings is 1. The molecule has 0 fully saturated rings. The van der Waals surface area contributed by atoms with Crippen molar-refractivity contribution in [1.82, 2.24) is 15.3 Å². The van der Waals surface area contributed by atoms with Crippen LogP contribution in [0.1, 0.15) is 16.2 Å². The lowest BCUT2D eigenvalue weighted by atomic mass is 10.3. The summed E-state index contributed by atoms with van der Waals surface area (Å²) in [6.45, 7) is 0.277. The standard InChI is InChI=1S/C16H12Cl2N4O2/c17-11-4-1-5-12(15(11)18)22-14-7-13(20-9-21-14)16(23)19-8-10-3-2-6-24-10/h1-7,9H,8H2,(H,19,23)(H,20,21,22). The molecule has 2 N–H and O–H groups in total. The van der Waals surface area contributed by atoms with E-state index in [1.165, 1.54) is 12.4 Å². The summed E-state index contributed by atoms with van der Waals surface area (Å²) in [5.74, 6) is 0.743. The maximum absolute atomic E-state index is 12.1. The third kappa shape index (κ3) is 3.84. The van der Waals surface area contributed by atoms with Crippen LogP contribution in [0.2, 0.25) is 10.0 Å². The highest BCUT2D eigenvalue weighted by Gasteiger charge is 2.11. The lowest BCUT2D eigenvalue weighted by Gasteiger charge is -2.09. The van der Waals surface area contributed by atoms with Gasteiger partial charge in [0.1, 0.15) is 23.6 Å². The Labute approximate surface area is 147 Å². The minimum Gasteiger partial charge on any atom is -0.467 e. The van der Waals surface area contributed by atoms with Gasteiger partial charge in [0.15, 0.2) is 0 Å². The molecule has 0 radical (unpaired) electrons. The van der Waals surface area contributed by atoms with Crippen LogP contribution in [0, 0.1) is 0 Å². The number of aromatic nitrogens is 2. The van der Waals surface area contributed by atoms with E-state index in [1.807, 2.05) is 0 Å². The van der Waals surface area contributed by atoms with Crippen molar-refractivity contribution in [2.75, 3.05) is 5.32 Å². The topological polar surface area (TPSA) is 80.0 Å². The molecule has 0 aliphatic rings. The molecule has 122 valence electrons. The largest absolute Gasteiger partial charge is 0.467 e. The lowest BCUT2D eigenvalue weighted by molar-refractivity contribution is 0.0943. The minimum absolute atomic E-state index is 0.220. The van der Waals surface area contributed by atoms with Crippen molar-refractivity contribution >= 4 is 40.6 Å². The van der Waals surface area contributed by atoms with E-state index in [0.717, 1.165) is 0 Å². The zero-order valence-corrected chi connectivity index (χ0v) is 13.8. The van der Waals surface area contributed by atoms with E-state index in [1.54, 1.807) is 36.6 Å². The smallest absolute Gasteiger partial charge is 0.270 e. The third-order valence-corrected chi connectivity index (χ3v) is 3.94. The second-order valence-electron chi connectivity index (χ2n) is 4.78. The third-order valence-electron chi connectivity index (χ3n) is 3.12. The van der Waals surface area contributed by atoms with E-state index in [0.29, 0.717) is 27.3 Å². The van der Waals surface area contributed by atoms with Crippen molar-refractivity contribution in [2.45, 2.75) is 6.54 Å². The molecule has 0 saturated carbocycles. The van der Waals surface area contributed by atoms with Crippen LogP contribution in [0.5, 0.6) is 0 Å². The van der Waals surface area contributed by atoms with Crippen LogP contribution in [-0.2, 0) is 6.54 Å². The molecular weight excluding hydrogens is 351 g/mol. The number of furan rings is 1. The highest BCUT2D eigenvalue weighted by molar-refractivity contribution is 6.43. The number of carbonyl (C=O) groups is 1. The van der Waals surface area contributed by atoms with E-state index >= 15 is 0 Å². The first-order valence-electron chi connectivity index (χ1n) is 6.97. The van der Waals surface area contributed by atoms with E-state index in [9.17, 15) is 4.79 Å². The molecule has 8 heteroatoms. The van der Waals surface area contributed by atoms with E-state index in [-0.39, 0.29) is 18.1 Å². The Morgan fingerprint density at radius 2 is 2.04 bits per heavy atom. The maximum atomic E-state index is 12.1. The van der Waals surface area contributed by atoms with Gasteiger partial charge in [0, 0.05) is 6.07 Å². The number of halogens is 2. The first kappa shape index (κ1) is 16.3. The molecular formula is C16H12Cl2N4O2. The molecule has 1 amide bonds. The van der Waals surface area contributed by atoms with Crippen molar-refractivity contribution in [2.24, 2.45) is 0 Å². The summed E-state index contributed by atoms with van der Waals surface area (Å²) < 4.78 is 5.16. The number of nitrogens with zero attached hydrogens (tertiary/aromatic N) is 2. The van der Waals surface area contributed by atoms with Crippen LogP contribution in [0.3, 0.4) is 0 Å². The lowest BCUT2D eigenvalue weighted by Crippen LogP contribution is -2.23. The first-order chi connectivity index (χ1) is 11.6. The average molecular weight is 363 g/mol. The van der Waals surface area contributed by atoms with Gasteiger partial charge in [-0.15, -0.1) is 0 Å². The Morgan fingerprint density at radius 1 is 1.17 bits per heavy atom. The zero-order valence-electron chi connectivity index (χ0n) is 12.3. The van der Waals surface area contributed by atoms with Crippen molar-refractivity contribution in [1.29, 1.82) is 0 Å². The van der Waals surface area contributed by atoms with Gasteiger partial charge in [0.2, 0.25) is 0 Å². The molecule has 2 aromatic heterocycles. The quantitative estimate of drug-likeness (QED) is 0.715. The number of hydrogen-bond acceptors (Lipinski definition) is 5. The number of nitrogens with one attached hydrogen (secondary N) is 2. The molecule has 0 aliphatic carbocycles. The van der Waals surface area contributed by atoms with Gasteiger partial charge in [0.25, 0.3) is 5.91 Å². The van der Waals surface area contributed by atoms with E-state index in [2.05, 4.69) is 20.6 Å². The molecule has 3 rings (SSSR count). The van der Waals surface area contributed by atoms with E-state index < -0.39 is 0 Å². The number of anilines is 2. The number of carbonyl (C=O) groups excluding carboxylic acids is 1. The van der Waals surface area contributed by atoms with Gasteiger partial charge in [-0.3, -0.25) is 4.79 Å². The molecule has 1 aromatic carbocycles. The summed E-state index contributed by atoms with van der Waals surface area (Å²) in [4.78, 5) is 20.2. The zero-order chi connectivity index (χ0) is 16.9. The van der Waals surface area contributed by atoms with Crippen LogP contribution in [0.15, 0.2) is 53.4 Å². The molecule has 0 saturated heterocycles. The van der Waals surface area contributed by atoms with Gasteiger partial charge in [-0.05, 0) is 24.3 Å². The molecule has 3 aromatic rings. The summed E-state index contributed by atoms with van der Waals surface area (Å²) in [5, 5.41) is 6.53. The van der Waals surface area contributed by atoms with Crippen molar-refractivity contribution in [3.8, 4) is 0 Å². The fourth-order valence-electron chi connectivity index (χ4n) is 1.96. The second kappa shape index (κ2) is 7.33. The molecule has 6 nitrogen and oxygen atoms in total. The first-order valence-corrected chi connectivity index (χ1v) is 7.73. The van der Waals surface area contributed by atoms with Gasteiger partial charge in [-0.25, -0.2) is 9.97 Å². The number of amides is 1. The Hall–Kier alpha value is -2.57. The normalized spacial score (nSPS) is 10.4. The highest BCUT2D eigenvalue weighted by Crippen LogP contribution is 2.31. The Morgan fingerprint density at radius 3 is 2.83 bits per heavy atom. The van der Waals surface area contributed by atoms with Crippen LogP contribution < -0.4 is 10.6 Å².